The highest BCUT2D eigenvalue weighted by Gasteiger charge is 2.36. The van der Waals surface area contributed by atoms with Crippen molar-refractivity contribution < 1.29 is 31.9 Å². The van der Waals surface area contributed by atoms with Gasteiger partial charge in [0.1, 0.15) is 5.82 Å². The first-order valence-electron chi connectivity index (χ1n) is 8.95. The predicted molar refractivity (Wildman–Crippen MR) is 103 cm³/mol. The third-order valence-corrected chi connectivity index (χ3v) is 5.85. The molecule has 1 aliphatic rings. The number of alkyl halides is 3. The van der Waals surface area contributed by atoms with Crippen LogP contribution in [-0.4, -0.2) is 55.0 Å². The molecule has 30 heavy (non-hydrogen) atoms. The van der Waals surface area contributed by atoms with E-state index in [1.807, 2.05) is 0 Å². The number of fused-ring (bicyclic) bond motifs is 1. The van der Waals surface area contributed by atoms with Crippen molar-refractivity contribution in [2.24, 2.45) is 0 Å². The summed E-state index contributed by atoms with van der Waals surface area (Å²) in [4.78, 5) is 31.9. The second-order valence-corrected chi connectivity index (χ2v) is 7.48. The lowest BCUT2D eigenvalue weighted by Gasteiger charge is -2.35. The van der Waals surface area contributed by atoms with E-state index in [0.29, 0.717) is 26.2 Å². The number of anilines is 1. The van der Waals surface area contributed by atoms with E-state index in [1.54, 1.807) is 21.9 Å². The Hall–Kier alpha value is -3.08. The Kier molecular flexibility index (Phi) is 5.14. The van der Waals surface area contributed by atoms with Crippen molar-refractivity contribution in [3.05, 3.63) is 46.7 Å². The monoisotopic (exact) mass is 439 g/mol. The van der Waals surface area contributed by atoms with Crippen molar-refractivity contribution in [3.63, 3.8) is 0 Å². The molecule has 1 fully saturated rings. The molecular weight excluding hydrogens is 423 g/mol. The minimum absolute atomic E-state index is 0.00326. The number of thiophene rings is 1. The number of furan rings is 1. The van der Waals surface area contributed by atoms with Crippen molar-refractivity contribution in [1.82, 2.24) is 9.88 Å². The van der Waals surface area contributed by atoms with Crippen LogP contribution in [0.2, 0.25) is 0 Å². The average molecular weight is 439 g/mol. The van der Waals surface area contributed by atoms with Crippen molar-refractivity contribution in [2.75, 3.05) is 38.2 Å². The van der Waals surface area contributed by atoms with E-state index >= 15 is 0 Å². The average Bonchev–Trinajstić information content (AvgIpc) is 3.41. The molecule has 1 saturated heterocycles. The van der Waals surface area contributed by atoms with Crippen molar-refractivity contribution in [3.8, 4) is 0 Å². The van der Waals surface area contributed by atoms with Crippen LogP contribution in [0.4, 0.5) is 19.0 Å². The summed E-state index contributed by atoms with van der Waals surface area (Å²) in [5, 5.41) is 1.32. The first-order valence-corrected chi connectivity index (χ1v) is 9.83. The summed E-state index contributed by atoms with van der Waals surface area (Å²) in [5.74, 6) is -0.704. The highest BCUT2D eigenvalue weighted by Crippen LogP contribution is 2.40. The molecule has 4 rings (SSSR count). The van der Waals surface area contributed by atoms with E-state index in [4.69, 9.17) is 4.42 Å². The molecule has 0 aliphatic carbocycles. The zero-order valence-corrected chi connectivity index (χ0v) is 16.5. The van der Waals surface area contributed by atoms with Gasteiger partial charge >= 0.3 is 12.1 Å². The first-order chi connectivity index (χ1) is 14.3. The van der Waals surface area contributed by atoms with E-state index in [9.17, 15) is 22.8 Å². The van der Waals surface area contributed by atoms with Gasteiger partial charge in [-0.1, -0.05) is 0 Å². The van der Waals surface area contributed by atoms with Gasteiger partial charge in [-0.15, -0.1) is 11.3 Å². The second-order valence-electron chi connectivity index (χ2n) is 6.60. The van der Waals surface area contributed by atoms with Crippen molar-refractivity contribution in [1.29, 1.82) is 0 Å². The van der Waals surface area contributed by atoms with Gasteiger partial charge in [-0.25, -0.2) is 9.78 Å². The van der Waals surface area contributed by atoms with Gasteiger partial charge in [0.2, 0.25) is 0 Å². The smallest absolute Gasteiger partial charge is 0.417 e. The largest absolute Gasteiger partial charge is 0.465 e. The molecule has 0 unspecified atom stereocenters. The second kappa shape index (κ2) is 7.63. The molecule has 11 heteroatoms. The Morgan fingerprint density at radius 2 is 1.97 bits per heavy atom. The summed E-state index contributed by atoms with van der Waals surface area (Å²) >= 11 is 0.804. The van der Waals surface area contributed by atoms with Gasteiger partial charge in [-0.2, -0.15) is 13.2 Å². The van der Waals surface area contributed by atoms with E-state index in [2.05, 4.69) is 9.72 Å². The number of pyridine rings is 1. The number of piperazine rings is 1. The van der Waals surface area contributed by atoms with Gasteiger partial charge in [0, 0.05) is 31.6 Å². The molecule has 158 valence electrons. The van der Waals surface area contributed by atoms with Crippen LogP contribution in [-0.2, 0) is 10.9 Å². The normalized spacial score (nSPS) is 14.9. The lowest BCUT2D eigenvalue weighted by atomic mass is 10.1. The van der Waals surface area contributed by atoms with Gasteiger partial charge < -0.3 is 19.0 Å². The number of esters is 1. The number of carbonyl (C=O) groups excluding carboxylic acids is 2. The number of aromatic nitrogens is 1. The van der Waals surface area contributed by atoms with Gasteiger partial charge in [0.25, 0.3) is 5.91 Å². The Bertz CT molecular complexity index is 1090. The minimum Gasteiger partial charge on any atom is -0.465 e. The summed E-state index contributed by atoms with van der Waals surface area (Å²) < 4.78 is 50.7. The van der Waals surface area contributed by atoms with Crippen LogP contribution < -0.4 is 4.90 Å². The number of nitrogens with zero attached hydrogens (tertiary/aromatic N) is 3. The van der Waals surface area contributed by atoms with Crippen LogP contribution >= 0.6 is 11.3 Å². The van der Waals surface area contributed by atoms with Crippen molar-refractivity contribution in [2.45, 2.75) is 6.18 Å². The quantitative estimate of drug-likeness (QED) is 0.580. The topological polar surface area (TPSA) is 75.9 Å². The molecule has 0 N–H and O–H groups in total. The predicted octanol–water partition coefficient (Wildman–Crippen LogP) is 3.66. The summed E-state index contributed by atoms with van der Waals surface area (Å²) in [5.41, 5.74) is -0.890. The molecule has 0 bridgehead atoms. The molecule has 3 aromatic heterocycles. The highest BCUT2D eigenvalue weighted by atomic mass is 32.1. The van der Waals surface area contributed by atoms with Crippen LogP contribution in [0.3, 0.4) is 0 Å². The number of carbonyl (C=O) groups is 2. The molecule has 1 aliphatic heterocycles. The SMILES string of the molecule is COC(=O)c1csc2c(C(F)(F)F)cc(N3CCN(C(=O)c4ccco4)CC3)nc12. The number of rotatable bonds is 3. The molecule has 1 amide bonds. The summed E-state index contributed by atoms with van der Waals surface area (Å²) in [6.45, 7) is 1.18. The molecule has 3 aromatic rings. The van der Waals surface area contributed by atoms with Gasteiger partial charge in [-0.3, -0.25) is 4.79 Å². The zero-order chi connectivity index (χ0) is 21.5. The minimum atomic E-state index is -4.61. The number of methoxy groups -OCH3 is 1. The summed E-state index contributed by atoms with van der Waals surface area (Å²) in [7, 11) is 1.16. The number of halogens is 3. The van der Waals surface area contributed by atoms with Gasteiger partial charge in [0.15, 0.2) is 5.76 Å². The third-order valence-electron chi connectivity index (χ3n) is 4.84. The van der Waals surface area contributed by atoms with E-state index in [-0.39, 0.29) is 33.3 Å². The molecule has 0 aromatic carbocycles. The molecule has 0 saturated carbocycles. The number of hydrogen-bond acceptors (Lipinski definition) is 7. The van der Waals surface area contributed by atoms with Crippen LogP contribution in [0, 0.1) is 0 Å². The fourth-order valence-electron chi connectivity index (χ4n) is 3.32. The Morgan fingerprint density at radius 3 is 2.57 bits per heavy atom. The zero-order valence-electron chi connectivity index (χ0n) is 15.7. The lowest BCUT2D eigenvalue weighted by Crippen LogP contribution is -2.49. The maximum absolute atomic E-state index is 13.7. The summed E-state index contributed by atoms with van der Waals surface area (Å²) in [6.07, 6.45) is -3.20. The van der Waals surface area contributed by atoms with Crippen LogP contribution in [0.15, 0.2) is 34.3 Å². The Morgan fingerprint density at radius 1 is 1.23 bits per heavy atom. The lowest BCUT2D eigenvalue weighted by molar-refractivity contribution is -0.136. The fraction of sp³-hybridized carbons (Fsp3) is 0.316. The molecule has 0 spiro atoms. The van der Waals surface area contributed by atoms with Crippen LogP contribution in [0.1, 0.15) is 26.5 Å². The standard InChI is InChI=1S/C19H16F3N3O4S/c1-28-18(27)11-10-30-16-12(19(20,21)22)9-14(23-15(11)16)24-4-6-25(7-5-24)17(26)13-3-2-8-29-13/h2-3,8-10H,4-7H2,1H3. The molecule has 0 atom stereocenters. The Labute approximate surface area is 172 Å². The van der Waals surface area contributed by atoms with Crippen LogP contribution in [0.25, 0.3) is 10.2 Å². The molecular formula is C19H16F3N3O4S. The fourth-order valence-corrected chi connectivity index (χ4v) is 4.33. The van der Waals surface area contributed by atoms with Crippen LogP contribution in [0.5, 0.6) is 0 Å². The van der Waals surface area contributed by atoms with E-state index < -0.39 is 17.7 Å². The number of ether oxygens (including phenoxy) is 1. The third kappa shape index (κ3) is 3.60. The number of hydrogen-bond donors (Lipinski definition) is 0. The molecule has 0 radical (unpaired) electrons. The van der Waals surface area contributed by atoms with E-state index in [0.717, 1.165) is 24.5 Å². The van der Waals surface area contributed by atoms with E-state index in [1.165, 1.54) is 11.6 Å². The highest BCUT2D eigenvalue weighted by molar-refractivity contribution is 7.17. The Balaban J connectivity index is 1.64. The summed E-state index contributed by atoms with van der Waals surface area (Å²) in [6, 6.07) is 4.16. The first kappa shape index (κ1) is 20.2. The van der Waals surface area contributed by atoms with Crippen molar-refractivity contribution >= 4 is 39.2 Å². The molecule has 4 heterocycles. The number of amides is 1. The molecule has 7 nitrogen and oxygen atoms in total. The van der Waals surface area contributed by atoms with Gasteiger partial charge in [-0.05, 0) is 18.2 Å². The van der Waals surface area contributed by atoms with Gasteiger partial charge in [0.05, 0.1) is 34.7 Å². The maximum Gasteiger partial charge on any atom is 0.417 e. The maximum atomic E-state index is 13.7.